The number of fused-ring (bicyclic) bond motifs is 1. The van der Waals surface area contributed by atoms with Crippen molar-refractivity contribution >= 4 is 28.6 Å². The number of methoxy groups -OCH3 is 2. The molecule has 0 fully saturated rings. The second-order valence-electron chi connectivity index (χ2n) is 5.53. The lowest BCUT2D eigenvalue weighted by Crippen LogP contribution is -2.21. The van der Waals surface area contributed by atoms with Crippen LogP contribution in [0.5, 0.6) is 11.5 Å². The van der Waals surface area contributed by atoms with E-state index in [0.29, 0.717) is 28.2 Å². The Kier molecular flexibility index (Phi) is 5.11. The van der Waals surface area contributed by atoms with E-state index in [1.165, 1.54) is 26.4 Å². The van der Waals surface area contributed by atoms with Crippen molar-refractivity contribution in [1.82, 2.24) is 9.97 Å². The minimum absolute atomic E-state index is 0.228. The number of benzene rings is 2. The van der Waals surface area contributed by atoms with Crippen LogP contribution < -0.4 is 20.5 Å². The minimum atomic E-state index is -0.670. The molecule has 0 atom stereocenters. The van der Waals surface area contributed by atoms with Gasteiger partial charge >= 0.3 is 11.7 Å². The van der Waals surface area contributed by atoms with E-state index < -0.39 is 18.5 Å². The molecule has 0 aliphatic carbocycles. The molecule has 0 radical (unpaired) electrons. The largest absolute Gasteiger partial charge is 0.493 e. The van der Waals surface area contributed by atoms with Crippen LogP contribution in [0.4, 0.5) is 5.69 Å². The Balaban J connectivity index is 1.60. The van der Waals surface area contributed by atoms with Gasteiger partial charge < -0.3 is 29.5 Å². The molecule has 3 rings (SSSR count). The summed E-state index contributed by atoms with van der Waals surface area (Å²) in [5, 5.41) is 2.59. The second-order valence-corrected chi connectivity index (χ2v) is 5.53. The fraction of sp³-hybridized carbons (Fsp3) is 0.167. The first kappa shape index (κ1) is 18.1. The van der Waals surface area contributed by atoms with E-state index in [0.717, 1.165) is 0 Å². The summed E-state index contributed by atoms with van der Waals surface area (Å²) >= 11 is 0. The SMILES string of the molecule is COc1ccc(C(=O)OCC(=O)Nc2ccc3[nH]c(=O)[nH]c3c2)cc1OC. The number of esters is 1. The molecule has 0 bridgehead atoms. The van der Waals surface area contributed by atoms with Gasteiger partial charge in [-0.05, 0) is 36.4 Å². The number of aromatic amines is 2. The summed E-state index contributed by atoms with van der Waals surface area (Å²) in [6.45, 7) is -0.463. The summed E-state index contributed by atoms with van der Waals surface area (Å²) in [5.74, 6) is -0.326. The molecule has 2 aromatic carbocycles. The Hall–Kier alpha value is -3.75. The zero-order valence-electron chi connectivity index (χ0n) is 14.6. The number of carbonyl (C=O) groups excluding carboxylic acids is 2. The Bertz CT molecular complexity index is 1050. The van der Waals surface area contributed by atoms with Crippen LogP contribution in [0.15, 0.2) is 41.2 Å². The van der Waals surface area contributed by atoms with Crippen molar-refractivity contribution in [2.75, 3.05) is 26.1 Å². The molecular formula is C18H17N3O6. The first-order valence-corrected chi connectivity index (χ1v) is 7.91. The van der Waals surface area contributed by atoms with Crippen molar-refractivity contribution in [1.29, 1.82) is 0 Å². The number of ether oxygens (including phenoxy) is 3. The lowest BCUT2D eigenvalue weighted by molar-refractivity contribution is -0.119. The van der Waals surface area contributed by atoms with Gasteiger partial charge in [0, 0.05) is 5.69 Å². The topological polar surface area (TPSA) is 123 Å². The summed E-state index contributed by atoms with van der Waals surface area (Å²) in [7, 11) is 2.94. The number of H-pyrrole nitrogens is 2. The third kappa shape index (κ3) is 4.09. The molecule has 0 saturated heterocycles. The van der Waals surface area contributed by atoms with Gasteiger partial charge in [0.25, 0.3) is 5.91 Å². The Morgan fingerprint density at radius 1 is 0.963 bits per heavy atom. The molecule has 9 heteroatoms. The highest BCUT2D eigenvalue weighted by molar-refractivity contribution is 5.96. The van der Waals surface area contributed by atoms with Crippen molar-refractivity contribution in [2.45, 2.75) is 0 Å². The van der Waals surface area contributed by atoms with E-state index in [-0.39, 0.29) is 11.3 Å². The van der Waals surface area contributed by atoms with Gasteiger partial charge in [-0.3, -0.25) is 4.79 Å². The zero-order valence-corrected chi connectivity index (χ0v) is 14.6. The number of hydrogen-bond acceptors (Lipinski definition) is 6. The molecule has 0 unspecified atom stereocenters. The first-order chi connectivity index (χ1) is 13.0. The van der Waals surface area contributed by atoms with Gasteiger partial charge in [0.1, 0.15) is 0 Å². The molecule has 27 heavy (non-hydrogen) atoms. The highest BCUT2D eigenvalue weighted by Gasteiger charge is 2.14. The van der Waals surface area contributed by atoms with E-state index >= 15 is 0 Å². The monoisotopic (exact) mass is 371 g/mol. The molecule has 0 aliphatic rings. The highest BCUT2D eigenvalue weighted by atomic mass is 16.5. The van der Waals surface area contributed by atoms with Crippen LogP contribution in [-0.2, 0) is 9.53 Å². The highest BCUT2D eigenvalue weighted by Crippen LogP contribution is 2.27. The van der Waals surface area contributed by atoms with Crippen molar-refractivity contribution in [3.63, 3.8) is 0 Å². The normalized spacial score (nSPS) is 10.4. The average molecular weight is 371 g/mol. The Morgan fingerprint density at radius 3 is 2.44 bits per heavy atom. The molecule has 1 heterocycles. The van der Waals surface area contributed by atoms with E-state index in [4.69, 9.17) is 14.2 Å². The van der Waals surface area contributed by atoms with Crippen LogP contribution in [0.2, 0.25) is 0 Å². The van der Waals surface area contributed by atoms with Gasteiger partial charge in [-0.15, -0.1) is 0 Å². The predicted octanol–water partition coefficient (Wildman–Crippen LogP) is 1.67. The predicted molar refractivity (Wildman–Crippen MR) is 97.4 cm³/mol. The van der Waals surface area contributed by atoms with Gasteiger partial charge in [0.05, 0.1) is 30.8 Å². The summed E-state index contributed by atoms with van der Waals surface area (Å²) < 4.78 is 15.2. The second kappa shape index (κ2) is 7.65. The molecule has 140 valence electrons. The van der Waals surface area contributed by atoms with Gasteiger partial charge in [-0.2, -0.15) is 0 Å². The smallest absolute Gasteiger partial charge is 0.338 e. The number of amides is 1. The third-order valence-electron chi connectivity index (χ3n) is 3.75. The summed E-state index contributed by atoms with van der Waals surface area (Å²) in [6.07, 6.45) is 0. The minimum Gasteiger partial charge on any atom is -0.493 e. The summed E-state index contributed by atoms with van der Waals surface area (Å²) in [4.78, 5) is 40.5. The van der Waals surface area contributed by atoms with Crippen LogP contribution in [0.3, 0.4) is 0 Å². The number of carbonyl (C=O) groups is 2. The average Bonchev–Trinajstić information content (AvgIpc) is 3.04. The molecule has 9 nitrogen and oxygen atoms in total. The number of anilines is 1. The Labute approximate surface area is 153 Å². The molecule has 3 aromatic rings. The summed E-state index contributed by atoms with van der Waals surface area (Å²) in [5.41, 5.74) is 1.53. The quantitative estimate of drug-likeness (QED) is 0.567. The van der Waals surface area contributed by atoms with E-state index in [1.807, 2.05) is 0 Å². The number of rotatable bonds is 6. The standard InChI is InChI=1S/C18H17N3O6/c1-25-14-6-3-10(7-15(14)26-2)17(23)27-9-16(22)19-11-4-5-12-13(8-11)21-18(24)20-12/h3-8H,9H2,1-2H3,(H,19,22)(H2,20,21,24). The Morgan fingerprint density at radius 2 is 1.70 bits per heavy atom. The van der Waals surface area contributed by atoms with Gasteiger partial charge in [-0.25, -0.2) is 9.59 Å². The maximum Gasteiger partial charge on any atom is 0.338 e. The first-order valence-electron chi connectivity index (χ1n) is 7.91. The fourth-order valence-electron chi connectivity index (χ4n) is 2.48. The molecule has 1 aromatic heterocycles. The van der Waals surface area contributed by atoms with Crippen molar-refractivity contribution in [3.05, 3.63) is 52.4 Å². The maximum absolute atomic E-state index is 12.1. The number of imidazole rings is 1. The van der Waals surface area contributed by atoms with Gasteiger partial charge in [0.15, 0.2) is 18.1 Å². The third-order valence-corrected chi connectivity index (χ3v) is 3.75. The van der Waals surface area contributed by atoms with E-state index in [1.54, 1.807) is 24.3 Å². The maximum atomic E-state index is 12.1. The number of nitrogens with one attached hydrogen (secondary N) is 3. The van der Waals surface area contributed by atoms with Crippen LogP contribution in [-0.4, -0.2) is 42.7 Å². The van der Waals surface area contributed by atoms with Crippen LogP contribution in [0.1, 0.15) is 10.4 Å². The molecular weight excluding hydrogens is 354 g/mol. The fourth-order valence-corrected chi connectivity index (χ4v) is 2.48. The lowest BCUT2D eigenvalue weighted by Gasteiger charge is -2.10. The number of hydrogen-bond donors (Lipinski definition) is 3. The van der Waals surface area contributed by atoms with Crippen LogP contribution in [0, 0.1) is 0 Å². The molecule has 0 aliphatic heterocycles. The molecule has 0 spiro atoms. The van der Waals surface area contributed by atoms with Crippen LogP contribution in [0.25, 0.3) is 11.0 Å². The molecule has 1 amide bonds. The lowest BCUT2D eigenvalue weighted by atomic mass is 10.2. The van der Waals surface area contributed by atoms with E-state index in [9.17, 15) is 14.4 Å². The summed E-state index contributed by atoms with van der Waals surface area (Å²) in [6, 6.07) is 9.43. The van der Waals surface area contributed by atoms with Gasteiger partial charge in [-0.1, -0.05) is 0 Å². The van der Waals surface area contributed by atoms with Crippen molar-refractivity contribution in [3.8, 4) is 11.5 Å². The molecule has 0 saturated carbocycles. The molecule has 3 N–H and O–H groups in total. The van der Waals surface area contributed by atoms with Crippen LogP contribution >= 0.6 is 0 Å². The van der Waals surface area contributed by atoms with E-state index in [2.05, 4.69) is 15.3 Å². The number of aromatic nitrogens is 2. The zero-order chi connectivity index (χ0) is 19.4. The van der Waals surface area contributed by atoms with Gasteiger partial charge in [0.2, 0.25) is 0 Å². The van der Waals surface area contributed by atoms with Crippen molar-refractivity contribution in [2.24, 2.45) is 0 Å². The van der Waals surface area contributed by atoms with Crippen molar-refractivity contribution < 1.29 is 23.8 Å².